The quantitative estimate of drug-likeness (QED) is 0.806. The van der Waals surface area contributed by atoms with Crippen LogP contribution in [0.3, 0.4) is 0 Å². The van der Waals surface area contributed by atoms with E-state index in [1.807, 2.05) is 30.3 Å². The molecule has 25 heavy (non-hydrogen) atoms. The van der Waals surface area contributed by atoms with E-state index >= 15 is 0 Å². The van der Waals surface area contributed by atoms with Gasteiger partial charge in [-0.15, -0.1) is 0 Å². The predicted octanol–water partition coefficient (Wildman–Crippen LogP) is 2.01. The summed E-state index contributed by atoms with van der Waals surface area (Å²) in [4.78, 5) is 29.0. The lowest BCUT2D eigenvalue weighted by atomic mass is 9.91. The first kappa shape index (κ1) is 17.2. The van der Waals surface area contributed by atoms with Crippen LogP contribution >= 0.6 is 0 Å². The third-order valence-electron chi connectivity index (χ3n) is 4.44. The molecule has 1 atom stereocenters. The van der Waals surface area contributed by atoms with E-state index in [1.54, 1.807) is 36.3 Å². The molecule has 6 heteroatoms. The highest BCUT2D eigenvalue weighted by atomic mass is 16.5. The molecule has 2 heterocycles. The lowest BCUT2D eigenvalue weighted by Crippen LogP contribution is -2.48. The van der Waals surface area contributed by atoms with Gasteiger partial charge in [0.15, 0.2) is 0 Å². The van der Waals surface area contributed by atoms with Gasteiger partial charge in [-0.1, -0.05) is 24.3 Å². The molecule has 0 saturated carbocycles. The van der Waals surface area contributed by atoms with Crippen molar-refractivity contribution in [1.82, 2.24) is 9.80 Å². The van der Waals surface area contributed by atoms with Crippen molar-refractivity contribution < 1.29 is 18.7 Å². The first-order valence-electron chi connectivity index (χ1n) is 8.25. The molecule has 0 spiro atoms. The number of amides is 2. The van der Waals surface area contributed by atoms with Crippen molar-refractivity contribution in [2.75, 3.05) is 27.3 Å². The highest BCUT2D eigenvalue weighted by Gasteiger charge is 2.38. The number of benzene rings is 1. The molecule has 1 unspecified atom stereocenters. The van der Waals surface area contributed by atoms with E-state index in [0.717, 1.165) is 11.1 Å². The minimum atomic E-state index is -0.632. The molecule has 2 aromatic rings. The molecule has 1 aromatic carbocycles. The Bertz CT molecular complexity index is 742. The van der Waals surface area contributed by atoms with Crippen molar-refractivity contribution in [3.05, 3.63) is 59.5 Å². The Labute approximate surface area is 147 Å². The van der Waals surface area contributed by atoms with Crippen LogP contribution in [0.2, 0.25) is 0 Å². The summed E-state index contributed by atoms with van der Waals surface area (Å²) >= 11 is 0. The minimum Gasteiger partial charge on any atom is -0.467 e. The molecule has 1 aliphatic rings. The van der Waals surface area contributed by atoms with Gasteiger partial charge in [-0.25, -0.2) is 0 Å². The summed E-state index contributed by atoms with van der Waals surface area (Å²) in [7, 11) is 3.31. The van der Waals surface area contributed by atoms with Gasteiger partial charge in [0.05, 0.1) is 25.8 Å². The molecule has 0 bridgehead atoms. The number of furan rings is 1. The van der Waals surface area contributed by atoms with Crippen molar-refractivity contribution in [1.29, 1.82) is 0 Å². The molecule has 2 amide bonds. The maximum Gasteiger partial charge on any atom is 0.250 e. The number of carbonyl (C=O) groups is 2. The highest BCUT2D eigenvalue weighted by Crippen LogP contribution is 2.32. The van der Waals surface area contributed by atoms with Crippen LogP contribution in [0.1, 0.15) is 22.9 Å². The van der Waals surface area contributed by atoms with Crippen molar-refractivity contribution in [3.63, 3.8) is 0 Å². The number of hydrogen-bond donors (Lipinski definition) is 0. The second-order valence-corrected chi connectivity index (χ2v) is 6.13. The van der Waals surface area contributed by atoms with E-state index < -0.39 is 6.04 Å². The normalized spacial score (nSPS) is 16.6. The molecule has 0 fully saturated rings. The fourth-order valence-electron chi connectivity index (χ4n) is 3.17. The van der Waals surface area contributed by atoms with Gasteiger partial charge in [-0.3, -0.25) is 9.59 Å². The summed E-state index contributed by atoms with van der Waals surface area (Å²) in [6.07, 6.45) is 1.89. The van der Waals surface area contributed by atoms with Crippen LogP contribution in [0.4, 0.5) is 0 Å². The molecule has 1 aliphatic heterocycles. The SMILES string of the molecule is COCCN1C(=O)Cc2ccccc2C1C(=O)N(C)Cc1ccco1. The third-order valence-corrected chi connectivity index (χ3v) is 4.44. The summed E-state index contributed by atoms with van der Waals surface area (Å²) in [5, 5.41) is 0. The Morgan fingerprint density at radius 3 is 2.84 bits per heavy atom. The Kier molecular flexibility index (Phi) is 5.19. The van der Waals surface area contributed by atoms with E-state index in [-0.39, 0.29) is 11.8 Å². The molecule has 6 nitrogen and oxygen atoms in total. The minimum absolute atomic E-state index is 0.0551. The monoisotopic (exact) mass is 342 g/mol. The summed E-state index contributed by atoms with van der Waals surface area (Å²) in [5.74, 6) is 0.517. The first-order valence-corrected chi connectivity index (χ1v) is 8.25. The van der Waals surface area contributed by atoms with Crippen LogP contribution in [-0.4, -0.2) is 48.9 Å². The number of carbonyl (C=O) groups excluding carboxylic acids is 2. The van der Waals surface area contributed by atoms with E-state index in [9.17, 15) is 9.59 Å². The van der Waals surface area contributed by atoms with Gasteiger partial charge in [0, 0.05) is 20.7 Å². The summed E-state index contributed by atoms with van der Waals surface area (Å²) in [6, 6.07) is 10.6. The average Bonchev–Trinajstić information content (AvgIpc) is 3.11. The number of fused-ring (bicyclic) bond motifs is 1. The van der Waals surface area contributed by atoms with Gasteiger partial charge in [0.25, 0.3) is 0 Å². The fourth-order valence-corrected chi connectivity index (χ4v) is 3.17. The number of methoxy groups -OCH3 is 1. The van der Waals surface area contributed by atoms with Crippen LogP contribution in [0, 0.1) is 0 Å². The molecule has 1 aromatic heterocycles. The second-order valence-electron chi connectivity index (χ2n) is 6.13. The lowest BCUT2D eigenvalue weighted by Gasteiger charge is -2.37. The molecule has 0 aliphatic carbocycles. The maximum atomic E-state index is 13.2. The molecule has 132 valence electrons. The number of rotatable bonds is 6. The molecule has 0 saturated heterocycles. The van der Waals surface area contributed by atoms with Crippen molar-refractivity contribution in [2.24, 2.45) is 0 Å². The van der Waals surface area contributed by atoms with Gasteiger partial charge in [0.1, 0.15) is 11.8 Å². The third kappa shape index (κ3) is 3.58. The van der Waals surface area contributed by atoms with Crippen molar-refractivity contribution in [2.45, 2.75) is 19.0 Å². The summed E-state index contributed by atoms with van der Waals surface area (Å²) < 4.78 is 10.5. The predicted molar refractivity (Wildman–Crippen MR) is 91.7 cm³/mol. The van der Waals surface area contributed by atoms with E-state index in [1.165, 1.54) is 0 Å². The molecular weight excluding hydrogens is 320 g/mol. The fraction of sp³-hybridized carbons (Fsp3) is 0.368. The number of hydrogen-bond acceptors (Lipinski definition) is 4. The molecule has 0 radical (unpaired) electrons. The number of nitrogens with zero attached hydrogens (tertiary/aromatic N) is 2. The Balaban J connectivity index is 1.90. The standard InChI is InChI=1S/C19H22N2O4/c1-20(13-15-7-5-10-25-15)19(23)18-16-8-4-3-6-14(16)12-17(22)21(18)9-11-24-2/h3-8,10,18H,9,11-13H2,1-2H3. The van der Waals surface area contributed by atoms with Crippen molar-refractivity contribution in [3.8, 4) is 0 Å². The molecule has 3 rings (SSSR count). The van der Waals surface area contributed by atoms with Crippen molar-refractivity contribution >= 4 is 11.8 Å². The van der Waals surface area contributed by atoms with Gasteiger partial charge in [-0.05, 0) is 23.3 Å². The second kappa shape index (κ2) is 7.53. The Hall–Kier alpha value is -2.60. The zero-order valence-electron chi connectivity index (χ0n) is 14.5. The van der Waals surface area contributed by atoms with E-state index in [4.69, 9.17) is 9.15 Å². The van der Waals surface area contributed by atoms with Crippen LogP contribution < -0.4 is 0 Å². The van der Waals surface area contributed by atoms with Crippen LogP contribution in [0.5, 0.6) is 0 Å². The Morgan fingerprint density at radius 1 is 1.32 bits per heavy atom. The number of likely N-dealkylation sites (N-methyl/N-ethyl adjacent to an activating group) is 1. The zero-order valence-corrected chi connectivity index (χ0v) is 14.5. The largest absolute Gasteiger partial charge is 0.467 e. The van der Waals surface area contributed by atoms with Gasteiger partial charge < -0.3 is 19.0 Å². The Morgan fingerprint density at radius 2 is 2.12 bits per heavy atom. The van der Waals surface area contributed by atoms with Gasteiger partial charge >= 0.3 is 0 Å². The van der Waals surface area contributed by atoms with Gasteiger partial charge in [0.2, 0.25) is 11.8 Å². The molecule has 0 N–H and O–H groups in total. The van der Waals surface area contributed by atoms with Crippen LogP contribution in [-0.2, 0) is 27.3 Å². The summed E-state index contributed by atoms with van der Waals surface area (Å²) in [5.41, 5.74) is 1.79. The smallest absolute Gasteiger partial charge is 0.250 e. The number of ether oxygens (including phenoxy) is 1. The highest BCUT2D eigenvalue weighted by molar-refractivity contribution is 5.92. The topological polar surface area (TPSA) is 63.0 Å². The summed E-state index contributed by atoms with van der Waals surface area (Å²) in [6.45, 7) is 1.13. The maximum absolute atomic E-state index is 13.2. The van der Waals surface area contributed by atoms with Gasteiger partial charge in [-0.2, -0.15) is 0 Å². The zero-order chi connectivity index (χ0) is 17.8. The van der Waals surface area contributed by atoms with E-state index in [0.29, 0.717) is 31.9 Å². The molecular formula is C19H22N2O4. The van der Waals surface area contributed by atoms with Crippen LogP contribution in [0.25, 0.3) is 0 Å². The van der Waals surface area contributed by atoms with Crippen LogP contribution in [0.15, 0.2) is 47.1 Å². The lowest BCUT2D eigenvalue weighted by molar-refractivity contribution is -0.147. The van der Waals surface area contributed by atoms with E-state index in [2.05, 4.69) is 0 Å². The first-order chi connectivity index (χ1) is 12.1. The average molecular weight is 342 g/mol.